The van der Waals surface area contributed by atoms with Crippen LogP contribution in [0.4, 0.5) is 0 Å². The van der Waals surface area contributed by atoms with Crippen molar-refractivity contribution in [2.24, 2.45) is 15.7 Å². The highest BCUT2D eigenvalue weighted by Gasteiger charge is 2.19. The number of ether oxygens (including phenoxy) is 3. The Hall–Kier alpha value is -6.53. The van der Waals surface area contributed by atoms with Gasteiger partial charge in [0.05, 0.1) is 49.4 Å². The Morgan fingerprint density at radius 1 is 0.800 bits per heavy atom. The number of hydrogen-bond donors (Lipinski definition) is 3. The van der Waals surface area contributed by atoms with Gasteiger partial charge in [0.15, 0.2) is 0 Å². The van der Waals surface area contributed by atoms with Crippen molar-refractivity contribution >= 4 is 39.8 Å². The molecule has 1 fully saturated rings. The third-order valence-electron chi connectivity index (χ3n) is 10.3. The van der Waals surface area contributed by atoms with Crippen LogP contribution in [0.15, 0.2) is 58.5 Å². The minimum absolute atomic E-state index is 0.230. The Labute approximate surface area is 346 Å². The molecule has 0 bridgehead atoms. The molecule has 0 unspecified atom stereocenters. The Morgan fingerprint density at radius 3 is 1.88 bits per heavy atom. The maximum absolute atomic E-state index is 13.7. The molecule has 4 aromatic heterocycles. The standard InChI is InChI=1S/C42H52N12O6/c1-7-53-32(22-27(4)48-53)39(56)46-41-44-30-20-26(3)21-35(60-17-11-12-50-15-18-59-19-16-50)37(30)52(41)14-10-9-13-51-36-31(24-29(38(43)55)25-34(36)58-6)45-42(51)47-40(57)33-23-28(5)49-54(33)8-2/h9-10,20-25H,7-8,11-19H2,1-6H3,(H2,43,55)(H,44,46,56)(H,45,47,57)/b10-9+. The third-order valence-corrected chi connectivity index (χ3v) is 10.3. The summed E-state index contributed by atoms with van der Waals surface area (Å²) in [7, 11) is 1.50. The molecular formula is C42H52N12O6. The van der Waals surface area contributed by atoms with Crippen LogP contribution in [0.25, 0.3) is 22.1 Å². The lowest BCUT2D eigenvalue weighted by Gasteiger charge is -2.26. The minimum Gasteiger partial charge on any atom is -0.494 e. The van der Waals surface area contributed by atoms with E-state index in [1.54, 1.807) is 38.2 Å². The summed E-state index contributed by atoms with van der Waals surface area (Å²) < 4.78 is 24.7. The van der Waals surface area contributed by atoms with E-state index in [1.807, 2.05) is 63.5 Å². The molecule has 7 rings (SSSR count). The van der Waals surface area contributed by atoms with Crippen molar-refractivity contribution in [3.63, 3.8) is 0 Å². The summed E-state index contributed by atoms with van der Waals surface area (Å²) in [5.41, 5.74) is 12.2. The van der Waals surface area contributed by atoms with Gasteiger partial charge in [-0.25, -0.2) is 0 Å². The van der Waals surface area contributed by atoms with Crippen LogP contribution in [0.2, 0.25) is 0 Å². The number of morpholine rings is 1. The van der Waals surface area contributed by atoms with Crippen LogP contribution < -0.4 is 26.4 Å². The zero-order valence-electron chi connectivity index (χ0n) is 34.9. The average molecular weight is 821 g/mol. The molecule has 3 amide bonds. The second kappa shape index (κ2) is 18.2. The number of primary amides is 1. The monoisotopic (exact) mass is 820 g/mol. The van der Waals surface area contributed by atoms with E-state index >= 15 is 0 Å². The molecule has 1 aliphatic heterocycles. The highest BCUT2D eigenvalue weighted by atomic mass is 16.5. The second-order valence-corrected chi connectivity index (χ2v) is 14.7. The first-order valence-electron chi connectivity index (χ1n) is 20.2. The number of H-pyrrole nitrogens is 2. The SMILES string of the molecule is CCn1nc(C)cc1C(=O)/N=c1/[nH]c2cc(C(N)=O)cc(OC)c2n1C/C=C/Cn1/c(=N\C(=O)c2cc(C)nn2CC)[nH]c2cc(C)cc(OCCCN3CCOCC3)c21. The van der Waals surface area contributed by atoms with Crippen molar-refractivity contribution in [2.75, 3.05) is 46.6 Å². The van der Waals surface area contributed by atoms with Gasteiger partial charge in [0, 0.05) is 51.4 Å². The Morgan fingerprint density at radius 2 is 1.35 bits per heavy atom. The highest BCUT2D eigenvalue weighted by molar-refractivity contribution is 5.98. The molecule has 0 saturated carbocycles. The van der Waals surface area contributed by atoms with Crippen LogP contribution in [0.3, 0.4) is 0 Å². The maximum Gasteiger partial charge on any atom is 0.298 e. The van der Waals surface area contributed by atoms with E-state index in [2.05, 4.69) is 35.1 Å². The van der Waals surface area contributed by atoms with Crippen molar-refractivity contribution in [3.8, 4) is 11.5 Å². The molecule has 60 heavy (non-hydrogen) atoms. The van der Waals surface area contributed by atoms with Gasteiger partial charge in [0.25, 0.3) is 11.8 Å². The zero-order valence-corrected chi connectivity index (χ0v) is 34.9. The van der Waals surface area contributed by atoms with Gasteiger partial charge in [-0.3, -0.25) is 28.6 Å². The van der Waals surface area contributed by atoms with Crippen LogP contribution in [0.1, 0.15) is 68.6 Å². The number of methoxy groups -OCH3 is 1. The summed E-state index contributed by atoms with van der Waals surface area (Å²) in [6.45, 7) is 15.7. The van der Waals surface area contributed by atoms with Crippen LogP contribution in [-0.2, 0) is 30.9 Å². The fourth-order valence-corrected chi connectivity index (χ4v) is 7.51. The second-order valence-electron chi connectivity index (χ2n) is 14.7. The van der Waals surface area contributed by atoms with E-state index in [-0.39, 0.29) is 24.3 Å². The highest BCUT2D eigenvalue weighted by Crippen LogP contribution is 2.28. The first-order chi connectivity index (χ1) is 29.0. The number of aryl methyl sites for hydroxylation is 5. The first kappa shape index (κ1) is 41.6. The summed E-state index contributed by atoms with van der Waals surface area (Å²) >= 11 is 0. The van der Waals surface area contributed by atoms with Crippen LogP contribution in [0, 0.1) is 20.8 Å². The smallest absolute Gasteiger partial charge is 0.298 e. The number of aromatic nitrogens is 8. The summed E-state index contributed by atoms with van der Waals surface area (Å²) in [6.07, 6.45) is 4.69. The maximum atomic E-state index is 13.7. The number of hydrogen-bond acceptors (Lipinski definition) is 9. The Kier molecular flexibility index (Phi) is 12.6. The number of carbonyl (C=O) groups excluding carboxylic acids is 3. The van der Waals surface area contributed by atoms with Crippen molar-refractivity contribution in [3.05, 3.63) is 93.7 Å². The number of benzene rings is 2. The topological polar surface area (TPSA) is 210 Å². The molecular weight excluding hydrogens is 769 g/mol. The van der Waals surface area contributed by atoms with E-state index in [4.69, 9.17) is 19.9 Å². The van der Waals surface area contributed by atoms with Crippen LogP contribution >= 0.6 is 0 Å². The number of nitrogens with zero attached hydrogens (tertiary/aromatic N) is 9. The molecule has 0 atom stereocenters. The predicted octanol–water partition coefficient (Wildman–Crippen LogP) is 3.56. The molecule has 6 aromatic rings. The number of aromatic amines is 2. The molecule has 18 nitrogen and oxygen atoms in total. The van der Waals surface area contributed by atoms with Crippen molar-refractivity contribution < 1.29 is 28.6 Å². The largest absolute Gasteiger partial charge is 0.494 e. The van der Waals surface area contributed by atoms with Gasteiger partial charge in [-0.15, -0.1) is 0 Å². The number of amides is 3. The van der Waals surface area contributed by atoms with E-state index in [9.17, 15) is 14.4 Å². The molecule has 1 saturated heterocycles. The molecule has 5 heterocycles. The number of rotatable bonds is 15. The number of allylic oxidation sites excluding steroid dienone is 2. The summed E-state index contributed by atoms with van der Waals surface area (Å²) in [4.78, 5) is 57.7. The number of imidazole rings is 2. The molecule has 0 spiro atoms. The third kappa shape index (κ3) is 8.89. The van der Waals surface area contributed by atoms with E-state index in [1.165, 1.54) is 7.11 Å². The number of nitrogens with one attached hydrogen (secondary N) is 2. The fourth-order valence-electron chi connectivity index (χ4n) is 7.51. The molecule has 18 heteroatoms. The Bertz CT molecular complexity index is 2730. The predicted molar refractivity (Wildman–Crippen MR) is 224 cm³/mol. The summed E-state index contributed by atoms with van der Waals surface area (Å²) in [5.74, 6) is -0.518. The summed E-state index contributed by atoms with van der Waals surface area (Å²) in [6, 6.07) is 10.6. The average Bonchev–Trinajstić information content (AvgIpc) is 4.00. The van der Waals surface area contributed by atoms with E-state index in [0.717, 1.165) is 61.6 Å². The van der Waals surface area contributed by atoms with Gasteiger partial charge < -0.3 is 39.0 Å². The van der Waals surface area contributed by atoms with Crippen molar-refractivity contribution in [1.82, 2.24) is 43.6 Å². The molecule has 0 aliphatic carbocycles. The van der Waals surface area contributed by atoms with Crippen LogP contribution in [0.5, 0.6) is 11.5 Å². The lowest BCUT2D eigenvalue weighted by atomic mass is 10.1. The van der Waals surface area contributed by atoms with E-state index in [0.29, 0.717) is 64.9 Å². The Balaban J connectivity index is 1.27. The molecule has 4 N–H and O–H groups in total. The quantitative estimate of drug-likeness (QED) is 0.102. The fraction of sp³-hybridized carbons (Fsp3) is 0.405. The molecule has 1 aliphatic rings. The van der Waals surface area contributed by atoms with Gasteiger partial charge in [0.1, 0.15) is 33.9 Å². The zero-order chi connectivity index (χ0) is 42.5. The summed E-state index contributed by atoms with van der Waals surface area (Å²) in [5, 5.41) is 8.86. The molecule has 316 valence electrons. The molecule has 2 aromatic carbocycles. The minimum atomic E-state index is -0.631. The van der Waals surface area contributed by atoms with Gasteiger partial charge in [-0.2, -0.15) is 20.2 Å². The normalized spacial score (nSPS) is 14.3. The lowest BCUT2D eigenvalue weighted by Crippen LogP contribution is -2.37. The number of carbonyl (C=O) groups is 3. The van der Waals surface area contributed by atoms with Gasteiger partial charge in [-0.1, -0.05) is 12.2 Å². The number of fused-ring (bicyclic) bond motifs is 2. The number of nitrogens with two attached hydrogens (primary N) is 1. The van der Waals surface area contributed by atoms with Gasteiger partial charge in [-0.05, 0) is 83.0 Å². The van der Waals surface area contributed by atoms with E-state index < -0.39 is 17.7 Å². The molecule has 0 radical (unpaired) electrons. The van der Waals surface area contributed by atoms with Crippen molar-refractivity contribution in [2.45, 2.75) is 67.2 Å². The van der Waals surface area contributed by atoms with Gasteiger partial charge >= 0.3 is 0 Å². The van der Waals surface area contributed by atoms with Crippen molar-refractivity contribution in [1.29, 1.82) is 0 Å². The first-order valence-corrected chi connectivity index (χ1v) is 20.2. The van der Waals surface area contributed by atoms with Crippen LogP contribution in [-0.4, -0.2) is 108 Å². The van der Waals surface area contributed by atoms with Gasteiger partial charge in [0.2, 0.25) is 17.1 Å². The lowest BCUT2D eigenvalue weighted by molar-refractivity contribution is 0.0358.